The van der Waals surface area contributed by atoms with Gasteiger partial charge in [-0.15, -0.1) is 0 Å². The molecular formula is C19H33NaO5S. The molecule has 0 saturated carbocycles. The summed E-state index contributed by atoms with van der Waals surface area (Å²) >= 11 is 0. The summed E-state index contributed by atoms with van der Waals surface area (Å²) in [5, 5.41) is -1.92. The zero-order valence-corrected chi connectivity index (χ0v) is 19.5. The van der Waals surface area contributed by atoms with Crippen LogP contribution in [0.2, 0.25) is 0 Å². The normalized spacial score (nSPS) is 12.0. The SMILES string of the molecule is CCCCCCCCOS(=O)(=O)C(OCC)(OCC)c1ccccc1.[H-].[Na+]. The molecule has 0 radical (unpaired) electrons. The second kappa shape index (κ2) is 14.1. The van der Waals surface area contributed by atoms with Crippen LogP contribution in [0, 0.1) is 0 Å². The summed E-state index contributed by atoms with van der Waals surface area (Å²) < 4.78 is 42.3. The van der Waals surface area contributed by atoms with Crippen molar-refractivity contribution in [2.45, 2.75) is 64.4 Å². The first-order chi connectivity index (χ1) is 12.0. The van der Waals surface area contributed by atoms with Crippen molar-refractivity contribution in [3.8, 4) is 0 Å². The van der Waals surface area contributed by atoms with Crippen LogP contribution in [0.1, 0.15) is 66.3 Å². The van der Waals surface area contributed by atoms with Crippen molar-refractivity contribution in [1.29, 1.82) is 0 Å². The summed E-state index contributed by atoms with van der Waals surface area (Å²) in [6.45, 7) is 6.16. The van der Waals surface area contributed by atoms with Gasteiger partial charge >= 0.3 is 44.8 Å². The molecule has 1 aromatic carbocycles. The van der Waals surface area contributed by atoms with Crippen molar-refractivity contribution < 1.29 is 53.1 Å². The minimum Gasteiger partial charge on any atom is -1.00 e. The van der Waals surface area contributed by atoms with Gasteiger partial charge < -0.3 is 10.9 Å². The maximum Gasteiger partial charge on any atom is 1.00 e. The van der Waals surface area contributed by atoms with Gasteiger partial charge in [-0.25, -0.2) is 0 Å². The zero-order valence-electron chi connectivity index (χ0n) is 17.7. The Balaban J connectivity index is 0. The molecule has 26 heavy (non-hydrogen) atoms. The summed E-state index contributed by atoms with van der Waals surface area (Å²) in [6, 6.07) is 8.68. The Morgan fingerprint density at radius 1 is 0.885 bits per heavy atom. The Bertz CT molecular complexity index is 563. The molecule has 0 saturated heterocycles. The van der Waals surface area contributed by atoms with Crippen molar-refractivity contribution in [3.63, 3.8) is 0 Å². The van der Waals surface area contributed by atoms with E-state index in [4.69, 9.17) is 13.7 Å². The monoisotopic (exact) mass is 396 g/mol. The van der Waals surface area contributed by atoms with Gasteiger partial charge in [-0.3, -0.25) is 4.18 Å². The quantitative estimate of drug-likeness (QED) is 0.207. The second-order valence-corrected chi connectivity index (χ2v) is 7.51. The van der Waals surface area contributed by atoms with Crippen molar-refractivity contribution in [1.82, 2.24) is 0 Å². The molecule has 0 heterocycles. The van der Waals surface area contributed by atoms with E-state index in [2.05, 4.69) is 6.92 Å². The van der Waals surface area contributed by atoms with Crippen molar-refractivity contribution in [2.24, 2.45) is 0 Å². The predicted octanol–water partition coefficient (Wildman–Crippen LogP) is 1.69. The Hall–Kier alpha value is 0.0500. The summed E-state index contributed by atoms with van der Waals surface area (Å²) in [6.07, 6.45) is 6.33. The van der Waals surface area contributed by atoms with Gasteiger partial charge in [0.25, 0.3) is 0 Å². The van der Waals surface area contributed by atoms with E-state index >= 15 is 0 Å². The van der Waals surface area contributed by atoms with E-state index in [1.165, 1.54) is 19.3 Å². The van der Waals surface area contributed by atoms with Crippen molar-refractivity contribution >= 4 is 10.1 Å². The van der Waals surface area contributed by atoms with Gasteiger partial charge in [-0.1, -0.05) is 69.4 Å². The van der Waals surface area contributed by atoms with Crippen LogP contribution in [0.5, 0.6) is 0 Å². The smallest absolute Gasteiger partial charge is 1.00 e. The van der Waals surface area contributed by atoms with Crippen LogP contribution in [0.3, 0.4) is 0 Å². The molecule has 146 valence electrons. The van der Waals surface area contributed by atoms with E-state index in [0.29, 0.717) is 12.0 Å². The fraction of sp³-hybridized carbons (Fsp3) is 0.684. The molecule has 0 amide bonds. The van der Waals surface area contributed by atoms with Gasteiger partial charge in [-0.2, -0.15) is 8.42 Å². The number of unbranched alkanes of at least 4 members (excludes halogenated alkanes) is 5. The van der Waals surface area contributed by atoms with E-state index in [1.54, 1.807) is 38.1 Å². The molecule has 0 bridgehead atoms. The number of hydrogen-bond donors (Lipinski definition) is 0. The summed E-state index contributed by atoms with van der Waals surface area (Å²) in [7, 11) is -4.10. The van der Waals surface area contributed by atoms with Crippen molar-refractivity contribution in [2.75, 3.05) is 19.8 Å². The molecule has 0 aromatic heterocycles. The average molecular weight is 397 g/mol. The van der Waals surface area contributed by atoms with Gasteiger partial charge in [0, 0.05) is 18.8 Å². The summed E-state index contributed by atoms with van der Waals surface area (Å²) in [5.74, 6) is 0. The Labute approximate surface area is 182 Å². The first kappa shape index (κ1) is 26.1. The van der Waals surface area contributed by atoms with E-state index in [1.807, 2.05) is 6.07 Å². The van der Waals surface area contributed by atoms with Crippen LogP contribution in [-0.2, 0) is 28.9 Å². The van der Waals surface area contributed by atoms with Crippen LogP contribution >= 0.6 is 0 Å². The predicted molar refractivity (Wildman–Crippen MR) is 101 cm³/mol. The van der Waals surface area contributed by atoms with Gasteiger partial charge in [0.2, 0.25) is 0 Å². The molecule has 0 aliphatic heterocycles. The third kappa shape index (κ3) is 7.58. The number of benzene rings is 1. The topological polar surface area (TPSA) is 61.8 Å². The minimum atomic E-state index is -4.10. The molecule has 0 aliphatic rings. The number of ether oxygens (including phenoxy) is 2. The second-order valence-electron chi connectivity index (χ2n) is 5.83. The fourth-order valence-electron chi connectivity index (χ4n) is 2.65. The number of hydrogen-bond acceptors (Lipinski definition) is 5. The standard InChI is InChI=1S/C19H32O5S.Na.H/c1-4-7-8-9-10-14-17-24-25(20,21)19(22-5-2,23-6-3)18-15-12-11-13-16-18;;/h11-13,15-16H,4-10,14,17H2,1-3H3;;/q;+1;-1. The third-order valence-corrected chi connectivity index (χ3v) is 5.47. The zero-order chi connectivity index (χ0) is 18.6. The van der Waals surface area contributed by atoms with Gasteiger partial charge in [0.1, 0.15) is 0 Å². The molecule has 0 atom stereocenters. The fourth-order valence-corrected chi connectivity index (χ4v) is 4.09. The number of rotatable bonds is 14. The summed E-state index contributed by atoms with van der Waals surface area (Å²) in [4.78, 5) is 0. The molecule has 0 aliphatic carbocycles. The maximum absolute atomic E-state index is 12.9. The van der Waals surface area contributed by atoms with E-state index < -0.39 is 15.2 Å². The van der Waals surface area contributed by atoms with E-state index in [9.17, 15) is 8.42 Å². The molecular weight excluding hydrogens is 363 g/mol. The van der Waals surface area contributed by atoms with Gasteiger partial charge in [0.05, 0.1) is 6.61 Å². The van der Waals surface area contributed by atoms with Crippen molar-refractivity contribution in [3.05, 3.63) is 35.9 Å². The maximum atomic E-state index is 12.9. The Morgan fingerprint density at radius 3 is 1.96 bits per heavy atom. The largest absolute Gasteiger partial charge is 1.00 e. The molecule has 7 heteroatoms. The van der Waals surface area contributed by atoms with E-state index in [0.717, 1.165) is 12.8 Å². The van der Waals surface area contributed by atoms with Crippen LogP contribution in [-0.4, -0.2) is 28.2 Å². The molecule has 0 unspecified atom stereocenters. The first-order valence-corrected chi connectivity index (χ1v) is 10.7. The molecule has 1 rings (SSSR count). The van der Waals surface area contributed by atoms with Crippen LogP contribution in [0.4, 0.5) is 0 Å². The molecule has 0 N–H and O–H groups in total. The molecule has 5 nitrogen and oxygen atoms in total. The Kier molecular flexibility index (Phi) is 14.1. The molecule has 0 fully saturated rings. The molecule has 0 spiro atoms. The third-order valence-electron chi connectivity index (χ3n) is 3.86. The van der Waals surface area contributed by atoms with Gasteiger partial charge in [0.15, 0.2) is 0 Å². The van der Waals surface area contributed by atoms with E-state index in [-0.39, 0.29) is 50.8 Å². The van der Waals surface area contributed by atoms with Crippen LogP contribution in [0.25, 0.3) is 0 Å². The van der Waals surface area contributed by atoms with Crippen LogP contribution < -0.4 is 29.6 Å². The molecule has 1 aromatic rings. The average Bonchev–Trinajstić information content (AvgIpc) is 2.61. The first-order valence-electron chi connectivity index (χ1n) is 9.26. The Morgan fingerprint density at radius 2 is 1.42 bits per heavy atom. The van der Waals surface area contributed by atoms with Gasteiger partial charge in [-0.05, 0) is 20.3 Å². The summed E-state index contributed by atoms with van der Waals surface area (Å²) in [5.41, 5.74) is 0.418. The van der Waals surface area contributed by atoms with Crippen LogP contribution in [0.15, 0.2) is 30.3 Å². The minimum absolute atomic E-state index is 0.